The third-order valence-corrected chi connectivity index (χ3v) is 2.82. The third kappa shape index (κ3) is 2.00. The number of carbonyl (C=O) groups is 1. The molecule has 0 aliphatic heterocycles. The van der Waals surface area contributed by atoms with E-state index in [-0.39, 0.29) is 18.2 Å². The molecule has 0 bridgehead atoms. The van der Waals surface area contributed by atoms with Gasteiger partial charge in [-0.05, 0) is 17.0 Å². The summed E-state index contributed by atoms with van der Waals surface area (Å²) in [5.74, 6) is -0.952. The first-order chi connectivity index (χ1) is 8.15. The van der Waals surface area contributed by atoms with Gasteiger partial charge in [0, 0.05) is 18.0 Å². The van der Waals surface area contributed by atoms with Crippen LogP contribution in [0.4, 0.5) is 0 Å². The van der Waals surface area contributed by atoms with E-state index in [1.807, 2.05) is 24.3 Å². The van der Waals surface area contributed by atoms with E-state index < -0.39 is 5.97 Å². The van der Waals surface area contributed by atoms with E-state index in [9.17, 15) is 9.90 Å². The van der Waals surface area contributed by atoms with Crippen LogP contribution in [0.15, 0.2) is 36.4 Å². The summed E-state index contributed by atoms with van der Waals surface area (Å²) in [6, 6.07) is 10.4. The van der Waals surface area contributed by atoms with E-state index in [1.165, 1.54) is 0 Å². The monoisotopic (exact) mass is 230 g/mol. The minimum Gasteiger partial charge on any atom is -0.478 e. The maximum atomic E-state index is 11.2. The van der Waals surface area contributed by atoms with Gasteiger partial charge in [-0.25, -0.2) is 4.79 Å². The fourth-order valence-electron chi connectivity index (χ4n) is 1.98. The Labute approximate surface area is 98.8 Å². The van der Waals surface area contributed by atoms with Crippen LogP contribution in [0.5, 0.6) is 0 Å². The molecule has 0 saturated carbocycles. The highest BCUT2D eigenvalue weighted by Crippen LogP contribution is 2.26. The van der Waals surface area contributed by atoms with Gasteiger partial charge in [-0.2, -0.15) is 0 Å². The Morgan fingerprint density at radius 3 is 2.47 bits per heavy atom. The number of benzene rings is 2. The topological polar surface area (TPSA) is 89.3 Å². The minimum absolute atomic E-state index is 0.266. The van der Waals surface area contributed by atoms with E-state index in [0.717, 1.165) is 10.9 Å². The predicted molar refractivity (Wildman–Crippen MR) is 66.9 cm³/mol. The number of nitrogens with two attached hydrogens (primary N) is 2. The largest absolute Gasteiger partial charge is 0.478 e. The predicted octanol–water partition coefficient (Wildman–Crippen LogP) is 1.50. The second-order valence-corrected chi connectivity index (χ2v) is 3.90. The molecule has 0 saturated heterocycles. The van der Waals surface area contributed by atoms with Gasteiger partial charge >= 0.3 is 5.97 Å². The zero-order valence-corrected chi connectivity index (χ0v) is 9.26. The zero-order valence-electron chi connectivity index (χ0n) is 9.26. The maximum Gasteiger partial charge on any atom is 0.336 e. The molecule has 0 amide bonds. The van der Waals surface area contributed by atoms with Gasteiger partial charge in [-0.1, -0.05) is 30.3 Å². The van der Waals surface area contributed by atoms with Gasteiger partial charge in [0.05, 0.1) is 5.56 Å². The fourth-order valence-corrected chi connectivity index (χ4v) is 1.98. The molecule has 2 rings (SSSR count). The second kappa shape index (κ2) is 4.53. The second-order valence-electron chi connectivity index (χ2n) is 3.90. The van der Waals surface area contributed by atoms with Crippen LogP contribution >= 0.6 is 0 Å². The van der Waals surface area contributed by atoms with Crippen molar-refractivity contribution in [1.82, 2.24) is 0 Å². The summed E-state index contributed by atoms with van der Waals surface area (Å²) in [6.07, 6.45) is 0. The molecule has 17 heavy (non-hydrogen) atoms. The Morgan fingerprint density at radius 1 is 1.24 bits per heavy atom. The van der Waals surface area contributed by atoms with Crippen molar-refractivity contribution in [2.24, 2.45) is 11.5 Å². The Balaban J connectivity index is 2.80. The molecule has 0 spiro atoms. The summed E-state index contributed by atoms with van der Waals surface area (Å²) < 4.78 is 0. The molecule has 1 atom stereocenters. The lowest BCUT2D eigenvalue weighted by Crippen LogP contribution is -2.21. The number of rotatable bonds is 3. The first-order valence-corrected chi connectivity index (χ1v) is 5.35. The van der Waals surface area contributed by atoms with Crippen LogP contribution in [0.3, 0.4) is 0 Å². The maximum absolute atomic E-state index is 11.2. The standard InChI is InChI=1S/C13H14N2O2/c14-7-11(15)9-5-1-3-8-4-2-6-10(12(8)9)13(16)17/h1-6,11H,7,14-15H2,(H,16,17)/t11-/m0/s1. The molecule has 0 radical (unpaired) electrons. The Morgan fingerprint density at radius 2 is 1.88 bits per heavy atom. The lowest BCUT2D eigenvalue weighted by molar-refractivity contribution is 0.0699. The SMILES string of the molecule is NC[C@H](N)c1cccc2cccc(C(=O)O)c12. The van der Waals surface area contributed by atoms with Crippen molar-refractivity contribution >= 4 is 16.7 Å². The fraction of sp³-hybridized carbons (Fsp3) is 0.154. The average Bonchev–Trinajstić information content (AvgIpc) is 2.36. The Hall–Kier alpha value is -1.91. The smallest absolute Gasteiger partial charge is 0.336 e. The molecular formula is C13H14N2O2. The van der Waals surface area contributed by atoms with E-state index in [1.54, 1.807) is 12.1 Å². The molecule has 0 aliphatic rings. The molecule has 2 aromatic carbocycles. The molecule has 2 aromatic rings. The molecule has 4 heteroatoms. The molecular weight excluding hydrogens is 216 g/mol. The summed E-state index contributed by atoms with van der Waals surface area (Å²) >= 11 is 0. The van der Waals surface area contributed by atoms with Gasteiger partial charge < -0.3 is 16.6 Å². The summed E-state index contributed by atoms with van der Waals surface area (Å²) in [5, 5.41) is 10.7. The molecule has 0 aromatic heterocycles. The van der Waals surface area contributed by atoms with Crippen molar-refractivity contribution in [1.29, 1.82) is 0 Å². The summed E-state index contributed by atoms with van der Waals surface area (Å²) in [6.45, 7) is 0.285. The Kier molecular flexibility index (Phi) is 3.08. The number of carboxylic acid groups (broad SMARTS) is 1. The number of carboxylic acids is 1. The third-order valence-electron chi connectivity index (χ3n) is 2.82. The lowest BCUT2D eigenvalue weighted by atomic mass is 9.95. The van der Waals surface area contributed by atoms with Crippen molar-refractivity contribution in [3.05, 3.63) is 47.5 Å². The molecule has 5 N–H and O–H groups in total. The van der Waals surface area contributed by atoms with Crippen molar-refractivity contribution in [3.63, 3.8) is 0 Å². The highest BCUT2D eigenvalue weighted by atomic mass is 16.4. The van der Waals surface area contributed by atoms with Crippen molar-refractivity contribution in [3.8, 4) is 0 Å². The van der Waals surface area contributed by atoms with Crippen LogP contribution in [0.1, 0.15) is 22.0 Å². The summed E-state index contributed by atoms with van der Waals surface area (Å²) in [7, 11) is 0. The van der Waals surface area contributed by atoms with Gasteiger partial charge in [-0.3, -0.25) is 0 Å². The van der Waals surface area contributed by atoms with Crippen LogP contribution < -0.4 is 11.5 Å². The van der Waals surface area contributed by atoms with Crippen molar-refractivity contribution < 1.29 is 9.90 Å². The van der Waals surface area contributed by atoms with E-state index in [2.05, 4.69) is 0 Å². The summed E-state index contributed by atoms with van der Waals surface area (Å²) in [4.78, 5) is 11.2. The van der Waals surface area contributed by atoms with E-state index in [4.69, 9.17) is 11.5 Å². The Bertz CT molecular complexity index is 561. The number of hydrogen-bond donors (Lipinski definition) is 3. The number of hydrogen-bond acceptors (Lipinski definition) is 3. The molecule has 0 aliphatic carbocycles. The molecule has 0 unspecified atom stereocenters. The zero-order chi connectivity index (χ0) is 12.4. The van der Waals surface area contributed by atoms with Crippen molar-refractivity contribution in [2.45, 2.75) is 6.04 Å². The van der Waals surface area contributed by atoms with E-state index in [0.29, 0.717) is 5.39 Å². The average molecular weight is 230 g/mol. The van der Waals surface area contributed by atoms with Gasteiger partial charge in [-0.15, -0.1) is 0 Å². The van der Waals surface area contributed by atoms with Gasteiger partial charge in [0.2, 0.25) is 0 Å². The van der Waals surface area contributed by atoms with Gasteiger partial charge in [0.15, 0.2) is 0 Å². The van der Waals surface area contributed by atoms with Crippen LogP contribution in [0.2, 0.25) is 0 Å². The van der Waals surface area contributed by atoms with Gasteiger partial charge in [0.1, 0.15) is 0 Å². The molecule has 4 nitrogen and oxygen atoms in total. The first-order valence-electron chi connectivity index (χ1n) is 5.35. The molecule has 0 heterocycles. The summed E-state index contributed by atoms with van der Waals surface area (Å²) in [5.41, 5.74) is 12.5. The minimum atomic E-state index is -0.952. The molecule has 88 valence electrons. The highest BCUT2D eigenvalue weighted by Gasteiger charge is 2.14. The van der Waals surface area contributed by atoms with Crippen LogP contribution in [-0.2, 0) is 0 Å². The van der Waals surface area contributed by atoms with Gasteiger partial charge in [0.25, 0.3) is 0 Å². The van der Waals surface area contributed by atoms with Crippen LogP contribution in [0, 0.1) is 0 Å². The van der Waals surface area contributed by atoms with Crippen molar-refractivity contribution in [2.75, 3.05) is 6.54 Å². The first kappa shape index (κ1) is 11.6. The van der Waals surface area contributed by atoms with E-state index >= 15 is 0 Å². The molecule has 0 fully saturated rings. The van der Waals surface area contributed by atoms with Crippen LogP contribution in [-0.4, -0.2) is 17.6 Å². The lowest BCUT2D eigenvalue weighted by Gasteiger charge is -2.14. The normalized spacial score (nSPS) is 12.6. The van der Waals surface area contributed by atoms with Crippen LogP contribution in [0.25, 0.3) is 10.8 Å². The highest BCUT2D eigenvalue weighted by molar-refractivity contribution is 6.05. The number of fused-ring (bicyclic) bond motifs is 1. The number of aromatic carboxylic acids is 1. The quantitative estimate of drug-likeness (QED) is 0.745.